The van der Waals surface area contributed by atoms with Gasteiger partial charge < -0.3 is 19.9 Å². The maximum atomic E-state index is 12.4. The van der Waals surface area contributed by atoms with Crippen molar-refractivity contribution in [1.82, 2.24) is 14.9 Å². The molecule has 0 bridgehead atoms. The average molecular weight is 362 g/mol. The van der Waals surface area contributed by atoms with E-state index in [2.05, 4.69) is 20.2 Å². The monoisotopic (exact) mass is 361 g/mol. The van der Waals surface area contributed by atoms with Crippen LogP contribution in [0.3, 0.4) is 0 Å². The zero-order chi connectivity index (χ0) is 17.8. The van der Waals surface area contributed by atoms with E-state index >= 15 is 0 Å². The topological polar surface area (TPSA) is 70.6 Å². The number of carbonyl (C=O) groups is 1. The van der Waals surface area contributed by atoms with Gasteiger partial charge in [0.2, 0.25) is 5.88 Å². The van der Waals surface area contributed by atoms with Crippen molar-refractivity contribution in [1.29, 1.82) is 0 Å². The fourth-order valence-electron chi connectivity index (χ4n) is 2.69. The molecule has 2 aromatic rings. The molecule has 2 amide bonds. The molecule has 0 aliphatic carbocycles. The Morgan fingerprint density at radius 3 is 2.60 bits per heavy atom. The smallest absolute Gasteiger partial charge is 0.322 e. The van der Waals surface area contributed by atoms with Crippen LogP contribution >= 0.6 is 11.6 Å². The van der Waals surface area contributed by atoms with E-state index in [1.807, 2.05) is 25.1 Å². The highest BCUT2D eigenvalue weighted by molar-refractivity contribution is 6.33. The third-order valence-corrected chi connectivity index (χ3v) is 4.35. The van der Waals surface area contributed by atoms with E-state index in [1.54, 1.807) is 24.1 Å². The summed E-state index contributed by atoms with van der Waals surface area (Å²) in [5, 5.41) is 3.38. The van der Waals surface area contributed by atoms with E-state index < -0.39 is 0 Å². The highest BCUT2D eigenvalue weighted by Crippen LogP contribution is 2.22. The molecule has 3 rings (SSSR count). The number of nitrogens with one attached hydrogen (secondary N) is 1. The Balaban J connectivity index is 1.61. The number of hydrogen-bond acceptors (Lipinski definition) is 5. The highest BCUT2D eigenvalue weighted by atomic mass is 35.5. The summed E-state index contributed by atoms with van der Waals surface area (Å²) in [6, 6.07) is 8.86. The number of halogens is 1. The molecule has 1 saturated heterocycles. The number of aryl methyl sites for hydroxylation is 1. The Morgan fingerprint density at radius 2 is 1.92 bits per heavy atom. The molecule has 1 N–H and O–H groups in total. The zero-order valence-electron chi connectivity index (χ0n) is 14.2. The Kier molecular flexibility index (Phi) is 5.23. The number of urea groups is 1. The lowest BCUT2D eigenvalue weighted by Crippen LogP contribution is -2.50. The number of hydrogen-bond donors (Lipinski definition) is 1. The number of piperazine rings is 1. The third kappa shape index (κ3) is 4.11. The van der Waals surface area contributed by atoms with Crippen LogP contribution in [0.15, 0.2) is 30.3 Å². The number of benzene rings is 1. The lowest BCUT2D eigenvalue weighted by molar-refractivity contribution is 0.208. The molecule has 0 saturated carbocycles. The number of aromatic nitrogens is 2. The van der Waals surface area contributed by atoms with Crippen molar-refractivity contribution in [3.8, 4) is 5.88 Å². The normalized spacial score (nSPS) is 14.4. The molecule has 0 spiro atoms. The van der Waals surface area contributed by atoms with E-state index in [1.165, 1.54) is 0 Å². The predicted octanol–water partition coefficient (Wildman–Crippen LogP) is 2.80. The van der Waals surface area contributed by atoms with Crippen molar-refractivity contribution in [2.24, 2.45) is 0 Å². The Morgan fingerprint density at radius 1 is 1.20 bits per heavy atom. The molecule has 7 nitrogen and oxygen atoms in total. The summed E-state index contributed by atoms with van der Waals surface area (Å²) in [5.74, 6) is 2.02. The summed E-state index contributed by atoms with van der Waals surface area (Å²) in [6.45, 7) is 4.41. The largest absolute Gasteiger partial charge is 0.481 e. The van der Waals surface area contributed by atoms with Crippen molar-refractivity contribution in [2.45, 2.75) is 6.92 Å². The minimum absolute atomic E-state index is 0.149. The van der Waals surface area contributed by atoms with Crippen LogP contribution < -0.4 is 15.0 Å². The molecule has 1 aromatic heterocycles. The first-order chi connectivity index (χ1) is 12.1. The SMILES string of the molecule is COc1cc(N2CCN(C(=O)Nc3ccccc3Cl)CC2)nc(C)n1. The Bertz CT molecular complexity index is 762. The Hall–Kier alpha value is -2.54. The first-order valence-corrected chi connectivity index (χ1v) is 8.39. The lowest BCUT2D eigenvalue weighted by atomic mass is 10.3. The van der Waals surface area contributed by atoms with Gasteiger partial charge >= 0.3 is 6.03 Å². The highest BCUT2D eigenvalue weighted by Gasteiger charge is 2.23. The molecule has 132 valence electrons. The van der Waals surface area contributed by atoms with Crippen LogP contribution in [0.25, 0.3) is 0 Å². The van der Waals surface area contributed by atoms with Gasteiger partial charge in [-0.1, -0.05) is 23.7 Å². The zero-order valence-corrected chi connectivity index (χ0v) is 15.0. The number of anilines is 2. The van der Waals surface area contributed by atoms with Crippen LogP contribution in [0.2, 0.25) is 5.02 Å². The fourth-order valence-corrected chi connectivity index (χ4v) is 2.87. The molecule has 1 aliphatic rings. The fraction of sp³-hybridized carbons (Fsp3) is 0.353. The summed E-state index contributed by atoms with van der Waals surface area (Å²) >= 11 is 6.09. The lowest BCUT2D eigenvalue weighted by Gasteiger charge is -2.35. The van der Waals surface area contributed by atoms with Gasteiger partial charge in [0.05, 0.1) is 17.8 Å². The standard InChI is InChI=1S/C17H20ClN5O2/c1-12-19-15(11-16(20-12)25-2)22-7-9-23(10-8-22)17(24)21-14-6-4-3-5-13(14)18/h3-6,11H,7-10H2,1-2H3,(H,21,24). The molecule has 1 aromatic carbocycles. The quantitative estimate of drug-likeness (QED) is 0.910. The van der Waals surface area contributed by atoms with E-state index in [0.29, 0.717) is 48.6 Å². The molecule has 2 heterocycles. The molecule has 25 heavy (non-hydrogen) atoms. The summed E-state index contributed by atoms with van der Waals surface area (Å²) in [4.78, 5) is 25.0. The van der Waals surface area contributed by atoms with Gasteiger partial charge in [-0.3, -0.25) is 0 Å². The first-order valence-electron chi connectivity index (χ1n) is 8.02. The van der Waals surface area contributed by atoms with E-state index in [4.69, 9.17) is 16.3 Å². The number of carbonyl (C=O) groups excluding carboxylic acids is 1. The number of para-hydroxylation sites is 1. The average Bonchev–Trinajstić information content (AvgIpc) is 2.63. The molecule has 0 unspecified atom stereocenters. The van der Waals surface area contributed by atoms with Crippen molar-refractivity contribution in [3.63, 3.8) is 0 Å². The van der Waals surface area contributed by atoms with Gasteiger partial charge in [-0.05, 0) is 19.1 Å². The van der Waals surface area contributed by atoms with Gasteiger partial charge in [0.1, 0.15) is 11.6 Å². The molecular weight excluding hydrogens is 342 g/mol. The maximum Gasteiger partial charge on any atom is 0.322 e. The van der Waals surface area contributed by atoms with Crippen molar-refractivity contribution >= 4 is 29.1 Å². The number of amides is 2. The van der Waals surface area contributed by atoms with E-state index in [0.717, 1.165) is 5.82 Å². The second kappa shape index (κ2) is 7.57. The minimum Gasteiger partial charge on any atom is -0.481 e. The summed E-state index contributed by atoms with van der Waals surface area (Å²) in [6.07, 6.45) is 0. The van der Waals surface area contributed by atoms with Gasteiger partial charge in [-0.25, -0.2) is 9.78 Å². The molecular formula is C17H20ClN5O2. The summed E-state index contributed by atoms with van der Waals surface area (Å²) < 4.78 is 5.20. The number of ether oxygens (including phenoxy) is 1. The van der Waals surface area contributed by atoms with Crippen LogP contribution in [0.5, 0.6) is 5.88 Å². The van der Waals surface area contributed by atoms with Gasteiger partial charge in [-0.2, -0.15) is 4.98 Å². The summed E-state index contributed by atoms with van der Waals surface area (Å²) in [7, 11) is 1.59. The van der Waals surface area contributed by atoms with Gasteiger partial charge in [-0.15, -0.1) is 0 Å². The van der Waals surface area contributed by atoms with Crippen molar-refractivity contribution in [2.75, 3.05) is 43.5 Å². The van der Waals surface area contributed by atoms with Crippen LogP contribution in [0, 0.1) is 6.92 Å². The second-order valence-corrected chi connectivity index (χ2v) is 6.11. The third-order valence-electron chi connectivity index (χ3n) is 4.02. The van der Waals surface area contributed by atoms with Crippen LogP contribution in [-0.2, 0) is 0 Å². The minimum atomic E-state index is -0.149. The van der Waals surface area contributed by atoms with Crippen LogP contribution in [0.1, 0.15) is 5.82 Å². The van der Waals surface area contributed by atoms with Gasteiger partial charge in [0.25, 0.3) is 0 Å². The number of methoxy groups -OCH3 is 1. The first kappa shape index (κ1) is 17.3. The van der Waals surface area contributed by atoms with E-state index in [9.17, 15) is 4.79 Å². The van der Waals surface area contributed by atoms with Crippen molar-refractivity contribution < 1.29 is 9.53 Å². The summed E-state index contributed by atoms with van der Waals surface area (Å²) in [5.41, 5.74) is 0.618. The van der Waals surface area contributed by atoms with Gasteiger partial charge in [0, 0.05) is 32.2 Å². The molecule has 0 radical (unpaired) electrons. The number of nitrogens with zero attached hydrogens (tertiary/aromatic N) is 4. The van der Waals surface area contributed by atoms with Crippen LogP contribution in [-0.4, -0.2) is 54.2 Å². The maximum absolute atomic E-state index is 12.4. The second-order valence-electron chi connectivity index (χ2n) is 5.70. The van der Waals surface area contributed by atoms with Crippen LogP contribution in [0.4, 0.5) is 16.3 Å². The number of rotatable bonds is 3. The molecule has 1 aliphatic heterocycles. The predicted molar refractivity (Wildman–Crippen MR) is 97.6 cm³/mol. The van der Waals surface area contributed by atoms with Crippen molar-refractivity contribution in [3.05, 3.63) is 41.2 Å². The Labute approximate surface area is 151 Å². The van der Waals surface area contributed by atoms with E-state index in [-0.39, 0.29) is 6.03 Å². The van der Waals surface area contributed by atoms with Gasteiger partial charge in [0.15, 0.2) is 0 Å². The molecule has 1 fully saturated rings. The molecule has 8 heteroatoms. The molecule has 0 atom stereocenters.